The smallest absolute Gasteiger partial charge is 0.270 e. The topological polar surface area (TPSA) is 79.8 Å². The number of benzene rings is 1. The molecule has 0 spiro atoms. The molecule has 0 aliphatic carbocycles. The maximum absolute atomic E-state index is 12.4. The lowest BCUT2D eigenvalue weighted by Gasteiger charge is -2.09. The first-order chi connectivity index (χ1) is 12.1. The minimum atomic E-state index is -0.250. The van der Waals surface area contributed by atoms with Crippen molar-refractivity contribution in [1.82, 2.24) is 20.3 Å². The maximum Gasteiger partial charge on any atom is 0.270 e. The molecule has 0 bridgehead atoms. The number of nitrogens with zero attached hydrogens (tertiary/aromatic N) is 3. The fourth-order valence-corrected chi connectivity index (χ4v) is 2.61. The van der Waals surface area contributed by atoms with Crippen LogP contribution in [0.15, 0.2) is 59.3 Å². The SMILES string of the molecule is Cc1cc(C(=O)NCc2ccncc2)nc(Nc2cccc(Br)c2)n1. The standard InChI is InChI=1S/C18H16BrN5O/c1-12-9-16(17(25)21-11-13-5-7-20-8-6-13)24-18(22-12)23-15-4-2-3-14(19)10-15/h2-10H,11H2,1H3,(H,21,25)(H,22,23,24). The molecular formula is C18H16BrN5O. The molecule has 2 aromatic heterocycles. The van der Waals surface area contributed by atoms with Gasteiger partial charge in [-0.3, -0.25) is 9.78 Å². The van der Waals surface area contributed by atoms with Crippen LogP contribution < -0.4 is 10.6 Å². The van der Waals surface area contributed by atoms with Crippen molar-refractivity contribution in [2.75, 3.05) is 5.32 Å². The van der Waals surface area contributed by atoms with E-state index in [0.29, 0.717) is 23.9 Å². The van der Waals surface area contributed by atoms with Crippen LogP contribution in [0.2, 0.25) is 0 Å². The van der Waals surface area contributed by atoms with Crippen LogP contribution in [-0.4, -0.2) is 20.9 Å². The molecule has 3 rings (SSSR count). The summed E-state index contributed by atoms with van der Waals surface area (Å²) in [7, 11) is 0. The predicted molar refractivity (Wildman–Crippen MR) is 99.6 cm³/mol. The molecule has 0 aliphatic heterocycles. The number of halogens is 1. The average molecular weight is 398 g/mol. The third-order valence-corrected chi connectivity index (χ3v) is 3.86. The first kappa shape index (κ1) is 17.0. The molecule has 3 aromatic rings. The molecule has 0 unspecified atom stereocenters. The summed E-state index contributed by atoms with van der Waals surface area (Å²) >= 11 is 3.42. The number of anilines is 2. The first-order valence-electron chi connectivity index (χ1n) is 7.65. The van der Waals surface area contributed by atoms with Gasteiger partial charge in [0.1, 0.15) is 5.69 Å². The number of hydrogen-bond donors (Lipinski definition) is 2. The van der Waals surface area contributed by atoms with Crippen molar-refractivity contribution in [2.24, 2.45) is 0 Å². The van der Waals surface area contributed by atoms with Crippen molar-refractivity contribution in [1.29, 1.82) is 0 Å². The third-order valence-electron chi connectivity index (χ3n) is 3.37. The van der Waals surface area contributed by atoms with Crippen molar-refractivity contribution < 1.29 is 4.79 Å². The molecule has 0 fully saturated rings. The van der Waals surface area contributed by atoms with E-state index in [2.05, 4.69) is 41.5 Å². The van der Waals surface area contributed by atoms with E-state index >= 15 is 0 Å². The number of aryl methyl sites for hydroxylation is 1. The Bertz CT molecular complexity index is 886. The van der Waals surface area contributed by atoms with Gasteiger partial charge in [0, 0.05) is 34.8 Å². The van der Waals surface area contributed by atoms with Crippen LogP contribution in [0, 0.1) is 6.92 Å². The van der Waals surface area contributed by atoms with Crippen LogP contribution in [-0.2, 0) is 6.54 Å². The molecule has 25 heavy (non-hydrogen) atoms. The highest BCUT2D eigenvalue weighted by Crippen LogP contribution is 2.19. The molecule has 0 radical (unpaired) electrons. The summed E-state index contributed by atoms with van der Waals surface area (Å²) in [6.07, 6.45) is 3.38. The van der Waals surface area contributed by atoms with E-state index in [9.17, 15) is 4.79 Å². The largest absolute Gasteiger partial charge is 0.347 e. The van der Waals surface area contributed by atoms with Crippen LogP contribution in [0.5, 0.6) is 0 Å². The molecule has 0 saturated heterocycles. The van der Waals surface area contributed by atoms with Crippen LogP contribution >= 0.6 is 15.9 Å². The highest BCUT2D eigenvalue weighted by Gasteiger charge is 2.11. The number of aromatic nitrogens is 3. The first-order valence-corrected chi connectivity index (χ1v) is 8.45. The van der Waals surface area contributed by atoms with Crippen molar-refractivity contribution >= 4 is 33.5 Å². The highest BCUT2D eigenvalue weighted by atomic mass is 79.9. The zero-order chi connectivity index (χ0) is 17.6. The van der Waals surface area contributed by atoms with Crippen molar-refractivity contribution in [3.63, 3.8) is 0 Å². The Morgan fingerprint density at radius 2 is 1.92 bits per heavy atom. The summed E-state index contributed by atoms with van der Waals surface area (Å²) in [6, 6.07) is 13.0. The van der Waals surface area contributed by atoms with Gasteiger partial charge in [-0.25, -0.2) is 9.97 Å². The van der Waals surface area contributed by atoms with E-state index < -0.39 is 0 Å². The number of carbonyl (C=O) groups excluding carboxylic acids is 1. The lowest BCUT2D eigenvalue weighted by molar-refractivity contribution is 0.0945. The summed E-state index contributed by atoms with van der Waals surface area (Å²) < 4.78 is 0.945. The van der Waals surface area contributed by atoms with Gasteiger partial charge in [-0.2, -0.15) is 0 Å². The Hall–Kier alpha value is -2.80. The molecule has 6 nitrogen and oxygen atoms in total. The van der Waals surface area contributed by atoms with Crippen molar-refractivity contribution in [3.05, 3.63) is 76.3 Å². The molecule has 0 aliphatic rings. The number of pyridine rings is 1. The lowest BCUT2D eigenvalue weighted by Crippen LogP contribution is -2.24. The quantitative estimate of drug-likeness (QED) is 0.687. The lowest BCUT2D eigenvalue weighted by atomic mass is 10.2. The Morgan fingerprint density at radius 1 is 1.12 bits per heavy atom. The zero-order valence-electron chi connectivity index (χ0n) is 13.5. The second-order valence-electron chi connectivity index (χ2n) is 5.39. The second kappa shape index (κ2) is 7.85. The van der Waals surface area contributed by atoms with Gasteiger partial charge in [-0.1, -0.05) is 22.0 Å². The summed E-state index contributed by atoms with van der Waals surface area (Å²) in [5, 5.41) is 5.96. The van der Waals surface area contributed by atoms with Gasteiger partial charge in [0.05, 0.1) is 0 Å². The third kappa shape index (κ3) is 4.84. The summed E-state index contributed by atoms with van der Waals surface area (Å²) in [5.41, 5.74) is 2.84. The Balaban J connectivity index is 1.73. The minimum Gasteiger partial charge on any atom is -0.347 e. The van der Waals surface area contributed by atoms with Gasteiger partial charge in [0.25, 0.3) is 5.91 Å². The molecule has 2 N–H and O–H groups in total. The monoisotopic (exact) mass is 397 g/mol. The highest BCUT2D eigenvalue weighted by molar-refractivity contribution is 9.10. The summed E-state index contributed by atoms with van der Waals surface area (Å²) in [4.78, 5) is 25.0. The molecule has 1 aromatic carbocycles. The van der Waals surface area contributed by atoms with Gasteiger partial charge in [0.15, 0.2) is 0 Å². The fourth-order valence-electron chi connectivity index (χ4n) is 2.21. The van der Waals surface area contributed by atoms with Crippen molar-refractivity contribution in [3.8, 4) is 0 Å². The molecule has 2 heterocycles. The van der Waals surface area contributed by atoms with E-state index in [1.165, 1.54) is 0 Å². The Morgan fingerprint density at radius 3 is 2.68 bits per heavy atom. The van der Waals surface area contributed by atoms with Crippen LogP contribution in [0.1, 0.15) is 21.7 Å². The van der Waals surface area contributed by atoms with Gasteiger partial charge >= 0.3 is 0 Å². The zero-order valence-corrected chi connectivity index (χ0v) is 15.1. The predicted octanol–water partition coefficient (Wildman–Crippen LogP) is 3.62. The van der Waals surface area contributed by atoms with E-state index in [1.54, 1.807) is 18.5 Å². The van der Waals surface area contributed by atoms with Gasteiger partial charge in [-0.15, -0.1) is 0 Å². The second-order valence-corrected chi connectivity index (χ2v) is 6.31. The maximum atomic E-state index is 12.4. The Kier molecular flexibility index (Phi) is 5.35. The number of hydrogen-bond acceptors (Lipinski definition) is 5. The number of carbonyl (C=O) groups is 1. The molecule has 0 saturated carbocycles. The normalized spacial score (nSPS) is 10.3. The average Bonchev–Trinajstić information content (AvgIpc) is 2.60. The van der Waals surface area contributed by atoms with E-state index in [-0.39, 0.29) is 5.91 Å². The van der Waals surface area contributed by atoms with Crippen LogP contribution in [0.25, 0.3) is 0 Å². The molecule has 7 heteroatoms. The van der Waals surface area contributed by atoms with E-state index in [4.69, 9.17) is 0 Å². The van der Waals surface area contributed by atoms with Gasteiger partial charge in [0.2, 0.25) is 5.95 Å². The summed E-state index contributed by atoms with van der Waals surface area (Å²) in [5.74, 6) is 0.131. The fraction of sp³-hybridized carbons (Fsp3) is 0.111. The number of nitrogens with one attached hydrogen (secondary N) is 2. The molecular weight excluding hydrogens is 382 g/mol. The Labute approximate surface area is 153 Å². The van der Waals surface area contributed by atoms with E-state index in [0.717, 1.165) is 15.7 Å². The van der Waals surface area contributed by atoms with Crippen LogP contribution in [0.3, 0.4) is 0 Å². The van der Waals surface area contributed by atoms with Gasteiger partial charge in [-0.05, 0) is 48.9 Å². The van der Waals surface area contributed by atoms with Crippen molar-refractivity contribution in [2.45, 2.75) is 13.5 Å². The summed E-state index contributed by atoms with van der Waals surface area (Å²) in [6.45, 7) is 2.24. The number of rotatable bonds is 5. The molecule has 0 atom stereocenters. The van der Waals surface area contributed by atoms with E-state index in [1.807, 2.05) is 43.3 Å². The number of amides is 1. The minimum absolute atomic E-state index is 0.250. The van der Waals surface area contributed by atoms with Gasteiger partial charge < -0.3 is 10.6 Å². The molecule has 1 amide bonds. The molecule has 126 valence electrons. The van der Waals surface area contributed by atoms with Crippen LogP contribution in [0.4, 0.5) is 11.6 Å².